The summed E-state index contributed by atoms with van der Waals surface area (Å²) in [4.78, 5) is 40.0. The molecule has 1 aromatic carbocycles. The molecular formula is C30H40N6O2S. The van der Waals surface area contributed by atoms with Crippen molar-refractivity contribution in [2.75, 3.05) is 24.6 Å². The Labute approximate surface area is 235 Å². The first-order valence-electron chi connectivity index (χ1n) is 14.1. The van der Waals surface area contributed by atoms with E-state index in [2.05, 4.69) is 61.2 Å². The monoisotopic (exact) mass is 548 g/mol. The zero-order valence-corrected chi connectivity index (χ0v) is 24.4. The molecule has 5 rings (SSSR count). The number of nitrogens with one attached hydrogen (secondary N) is 1. The van der Waals surface area contributed by atoms with Gasteiger partial charge in [-0.25, -0.2) is 9.97 Å². The topological polar surface area (TPSA) is 104 Å². The van der Waals surface area contributed by atoms with Crippen molar-refractivity contribution in [1.29, 1.82) is 0 Å². The number of pyridine rings is 1. The molecule has 0 aliphatic carbocycles. The first-order chi connectivity index (χ1) is 18.6. The van der Waals surface area contributed by atoms with E-state index >= 15 is 0 Å². The lowest BCUT2D eigenvalue weighted by molar-refractivity contribution is -0.146. The lowest BCUT2D eigenvalue weighted by Gasteiger charge is -2.39. The van der Waals surface area contributed by atoms with Crippen LogP contribution in [-0.4, -0.2) is 57.3 Å². The van der Waals surface area contributed by atoms with Gasteiger partial charge in [-0.3, -0.25) is 9.59 Å². The van der Waals surface area contributed by atoms with Crippen LogP contribution >= 0.6 is 11.3 Å². The molecule has 39 heavy (non-hydrogen) atoms. The van der Waals surface area contributed by atoms with Crippen molar-refractivity contribution >= 4 is 44.9 Å². The van der Waals surface area contributed by atoms with Gasteiger partial charge in [0.25, 0.3) is 0 Å². The highest BCUT2D eigenvalue weighted by Crippen LogP contribution is 2.40. The average molecular weight is 549 g/mol. The molecule has 2 fully saturated rings. The normalized spacial score (nSPS) is 26.1. The van der Waals surface area contributed by atoms with E-state index in [-0.39, 0.29) is 6.04 Å². The minimum Gasteiger partial charge on any atom is -0.383 e. The Bertz CT molecular complexity index is 1360. The van der Waals surface area contributed by atoms with Crippen LogP contribution in [-0.2, 0) is 16.0 Å². The van der Waals surface area contributed by atoms with Crippen LogP contribution in [0, 0.1) is 5.92 Å². The minimum atomic E-state index is -0.648. The Kier molecular flexibility index (Phi) is 7.91. The number of anilines is 2. The molecule has 208 valence electrons. The summed E-state index contributed by atoms with van der Waals surface area (Å²) in [5, 5.41) is 3.96. The number of piperidine rings is 2. The van der Waals surface area contributed by atoms with Crippen LogP contribution in [0.2, 0.25) is 0 Å². The third-order valence-corrected chi connectivity index (χ3v) is 9.92. The fraction of sp³-hybridized carbons (Fsp3) is 0.533. The van der Waals surface area contributed by atoms with Crippen LogP contribution in [0.5, 0.6) is 0 Å². The number of amides is 2. The molecule has 0 spiro atoms. The van der Waals surface area contributed by atoms with Crippen molar-refractivity contribution in [3.63, 3.8) is 0 Å². The number of nitrogens with zero attached hydrogens (tertiary/aromatic N) is 4. The molecule has 2 aliphatic rings. The Morgan fingerprint density at radius 3 is 2.59 bits per heavy atom. The second kappa shape index (κ2) is 11.2. The average Bonchev–Trinajstić information content (AvgIpc) is 3.35. The zero-order chi connectivity index (χ0) is 27.8. The SMILES string of the molecule is CCc1cc(NC(=O)C(=O)N2CC(C)CC[C@@H]2c2ccc3sc(C4C[C@@H](C)N(C)[C@@H](C)C4)nc3c2)cnc1N. The van der Waals surface area contributed by atoms with E-state index in [0.717, 1.165) is 42.3 Å². The van der Waals surface area contributed by atoms with Gasteiger partial charge in [0.2, 0.25) is 0 Å². The van der Waals surface area contributed by atoms with Gasteiger partial charge in [-0.15, -0.1) is 11.3 Å². The number of fused-ring (bicyclic) bond motifs is 1. The van der Waals surface area contributed by atoms with Gasteiger partial charge in [-0.05, 0) is 88.2 Å². The number of hydrogen-bond acceptors (Lipinski definition) is 7. The molecule has 2 aromatic heterocycles. The lowest BCUT2D eigenvalue weighted by atomic mass is 9.88. The third kappa shape index (κ3) is 5.65. The maximum Gasteiger partial charge on any atom is 0.313 e. The highest BCUT2D eigenvalue weighted by Gasteiger charge is 2.35. The number of thiazole rings is 1. The van der Waals surface area contributed by atoms with Crippen LogP contribution in [0.25, 0.3) is 10.2 Å². The third-order valence-electron chi connectivity index (χ3n) is 8.72. The zero-order valence-electron chi connectivity index (χ0n) is 23.6. The molecule has 8 nitrogen and oxygen atoms in total. The van der Waals surface area contributed by atoms with E-state index < -0.39 is 11.8 Å². The molecule has 2 saturated heterocycles. The van der Waals surface area contributed by atoms with E-state index in [9.17, 15) is 9.59 Å². The Morgan fingerprint density at radius 1 is 1.13 bits per heavy atom. The number of nitrogens with two attached hydrogens (primary N) is 1. The number of aryl methyl sites for hydroxylation is 1. The second-order valence-corrected chi connectivity index (χ2v) is 12.6. The van der Waals surface area contributed by atoms with Crippen molar-refractivity contribution in [1.82, 2.24) is 19.8 Å². The number of hydrogen-bond donors (Lipinski definition) is 2. The molecule has 0 radical (unpaired) electrons. The quantitative estimate of drug-likeness (QED) is 0.426. The van der Waals surface area contributed by atoms with Gasteiger partial charge in [0.15, 0.2) is 0 Å². The summed E-state index contributed by atoms with van der Waals surface area (Å²) >= 11 is 1.79. The van der Waals surface area contributed by atoms with Crippen molar-refractivity contribution in [2.45, 2.75) is 83.8 Å². The van der Waals surface area contributed by atoms with Gasteiger partial charge in [0, 0.05) is 24.5 Å². The molecule has 9 heteroatoms. The summed E-state index contributed by atoms with van der Waals surface area (Å²) in [7, 11) is 2.21. The van der Waals surface area contributed by atoms with Gasteiger partial charge >= 0.3 is 11.8 Å². The number of carbonyl (C=O) groups is 2. The smallest absolute Gasteiger partial charge is 0.313 e. The standard InChI is InChI=1S/C30H40N6O2S/c1-6-20-13-23(15-32-27(20)31)33-28(37)30(38)36-16-17(2)7-9-25(36)21-8-10-26-24(14-21)34-29(39-26)22-11-18(3)35(5)19(4)12-22/h8,10,13-15,17-19,22,25H,6-7,9,11-12,16H2,1-5H3,(H2,31,32)(H,33,37)/t17?,18-,19+,22?,25-/m1/s1. The van der Waals surface area contributed by atoms with Crippen molar-refractivity contribution in [2.24, 2.45) is 5.92 Å². The molecule has 0 saturated carbocycles. The second-order valence-electron chi connectivity index (χ2n) is 11.5. The highest BCUT2D eigenvalue weighted by molar-refractivity contribution is 7.18. The maximum atomic E-state index is 13.5. The van der Waals surface area contributed by atoms with Crippen LogP contribution < -0.4 is 11.1 Å². The van der Waals surface area contributed by atoms with E-state index in [1.807, 2.05) is 6.92 Å². The van der Waals surface area contributed by atoms with Gasteiger partial charge in [0.1, 0.15) is 5.82 Å². The Hall–Kier alpha value is -3.04. The Balaban J connectivity index is 1.36. The largest absolute Gasteiger partial charge is 0.383 e. The summed E-state index contributed by atoms with van der Waals surface area (Å²) in [6, 6.07) is 9.08. The van der Waals surface area contributed by atoms with E-state index in [0.29, 0.717) is 48.4 Å². The predicted octanol–water partition coefficient (Wildman–Crippen LogP) is 5.36. The van der Waals surface area contributed by atoms with Gasteiger partial charge in [-0.1, -0.05) is 19.9 Å². The van der Waals surface area contributed by atoms with Crippen LogP contribution in [0.1, 0.15) is 81.5 Å². The van der Waals surface area contributed by atoms with Gasteiger partial charge in [-0.2, -0.15) is 0 Å². The summed E-state index contributed by atoms with van der Waals surface area (Å²) in [6.07, 6.45) is 6.25. The number of likely N-dealkylation sites (tertiary alicyclic amines) is 2. The minimum absolute atomic E-state index is 0.159. The fourth-order valence-corrected chi connectivity index (χ4v) is 7.22. The molecule has 2 unspecified atom stereocenters. The van der Waals surface area contributed by atoms with E-state index in [1.165, 1.54) is 15.9 Å². The van der Waals surface area contributed by atoms with Gasteiger partial charge in [0.05, 0.1) is 33.2 Å². The highest BCUT2D eigenvalue weighted by atomic mass is 32.1. The summed E-state index contributed by atoms with van der Waals surface area (Å²) in [5.41, 5.74) is 9.25. The molecule has 0 bridgehead atoms. The fourth-order valence-electron chi connectivity index (χ4n) is 6.14. The van der Waals surface area contributed by atoms with Crippen molar-refractivity contribution in [3.05, 3.63) is 46.6 Å². The van der Waals surface area contributed by atoms with E-state index in [1.54, 1.807) is 22.3 Å². The van der Waals surface area contributed by atoms with E-state index in [4.69, 9.17) is 10.7 Å². The van der Waals surface area contributed by atoms with Crippen molar-refractivity contribution in [3.8, 4) is 0 Å². The lowest BCUT2D eigenvalue weighted by Crippen LogP contribution is -2.46. The van der Waals surface area contributed by atoms with Crippen LogP contribution in [0.4, 0.5) is 11.5 Å². The van der Waals surface area contributed by atoms with Crippen LogP contribution in [0.3, 0.4) is 0 Å². The molecule has 5 atom stereocenters. The number of carbonyl (C=O) groups excluding carboxylic acids is 2. The molecule has 3 aromatic rings. The number of rotatable bonds is 4. The first kappa shape index (κ1) is 27.5. The molecule has 4 heterocycles. The molecule has 3 N–H and O–H groups in total. The molecular weight excluding hydrogens is 508 g/mol. The van der Waals surface area contributed by atoms with Crippen molar-refractivity contribution < 1.29 is 9.59 Å². The first-order valence-corrected chi connectivity index (χ1v) is 14.9. The number of aromatic nitrogens is 2. The van der Waals surface area contributed by atoms with Gasteiger partial charge < -0.3 is 20.9 Å². The number of benzene rings is 1. The van der Waals surface area contributed by atoms with Crippen LogP contribution in [0.15, 0.2) is 30.5 Å². The Morgan fingerprint density at radius 2 is 1.87 bits per heavy atom. The molecule has 2 amide bonds. The molecule has 2 aliphatic heterocycles. The number of nitrogen functional groups attached to an aromatic ring is 1. The predicted molar refractivity (Wildman–Crippen MR) is 158 cm³/mol. The summed E-state index contributed by atoms with van der Waals surface area (Å²) in [6.45, 7) is 9.24. The maximum absolute atomic E-state index is 13.5. The summed E-state index contributed by atoms with van der Waals surface area (Å²) in [5.74, 6) is 0.0681. The summed E-state index contributed by atoms with van der Waals surface area (Å²) < 4.78 is 1.18.